The van der Waals surface area contributed by atoms with Crippen molar-refractivity contribution in [3.05, 3.63) is 16.8 Å². The van der Waals surface area contributed by atoms with Gasteiger partial charge in [0.15, 0.2) is 0 Å². The Morgan fingerprint density at radius 1 is 1.17 bits per heavy atom. The average Bonchev–Trinajstić information content (AvgIpc) is 2.42. The summed E-state index contributed by atoms with van der Waals surface area (Å²) in [4.78, 5) is 0. The summed E-state index contributed by atoms with van der Waals surface area (Å²) in [6, 6.07) is 0. The van der Waals surface area contributed by atoms with Gasteiger partial charge < -0.3 is 10.5 Å². The molecule has 102 valence electrons. The fourth-order valence-corrected chi connectivity index (χ4v) is 2.86. The van der Waals surface area contributed by atoms with Crippen molar-refractivity contribution in [2.75, 3.05) is 19.5 Å². The Labute approximate surface area is 114 Å². The fraction of sp³-hybridized carbons (Fsp3) is 0.692. The lowest BCUT2D eigenvalue weighted by Crippen LogP contribution is -2.10. The van der Waals surface area contributed by atoms with Crippen LogP contribution in [0, 0.1) is 0 Å². The first kappa shape index (κ1) is 15.4. The zero-order valence-electron chi connectivity index (χ0n) is 11.5. The lowest BCUT2D eigenvalue weighted by Gasteiger charge is -2.13. The van der Waals surface area contributed by atoms with E-state index in [1.54, 1.807) is 18.9 Å². The van der Waals surface area contributed by atoms with Crippen LogP contribution in [-0.4, -0.2) is 29.7 Å². The number of hydrogen-bond donors (Lipinski definition) is 1. The summed E-state index contributed by atoms with van der Waals surface area (Å²) < 4.78 is 5.04. The minimum absolute atomic E-state index is 0.540. The van der Waals surface area contributed by atoms with Gasteiger partial charge >= 0.3 is 0 Å². The van der Waals surface area contributed by atoms with Gasteiger partial charge in [-0.05, 0) is 24.8 Å². The monoisotopic (exact) mass is 269 g/mol. The Bertz CT molecular complexity index is 371. The Hall–Kier alpha value is -0.650. The van der Waals surface area contributed by atoms with Crippen LogP contribution in [0.2, 0.25) is 0 Å². The molecule has 0 aliphatic heterocycles. The predicted molar refractivity (Wildman–Crippen MR) is 75.9 cm³/mol. The largest absolute Gasteiger partial charge is 0.385 e. The standard InChI is InChI=1S/C13H23N3OS/c1-4-10-11(9-14)13(16-15-12(10)5-2)18-8-6-7-17-3/h4-9,14H2,1-3H3. The van der Waals surface area contributed by atoms with Crippen molar-refractivity contribution in [1.29, 1.82) is 0 Å². The van der Waals surface area contributed by atoms with Gasteiger partial charge in [-0.3, -0.25) is 0 Å². The van der Waals surface area contributed by atoms with Gasteiger partial charge in [-0.15, -0.1) is 16.9 Å². The third-order valence-electron chi connectivity index (χ3n) is 2.86. The highest BCUT2D eigenvalue weighted by Crippen LogP contribution is 2.25. The van der Waals surface area contributed by atoms with Gasteiger partial charge in [0.2, 0.25) is 0 Å². The number of methoxy groups -OCH3 is 1. The summed E-state index contributed by atoms with van der Waals surface area (Å²) in [5.41, 5.74) is 9.41. The molecule has 18 heavy (non-hydrogen) atoms. The molecule has 5 heteroatoms. The number of nitrogens with zero attached hydrogens (tertiary/aromatic N) is 2. The zero-order valence-corrected chi connectivity index (χ0v) is 12.3. The minimum Gasteiger partial charge on any atom is -0.385 e. The summed E-state index contributed by atoms with van der Waals surface area (Å²) in [6.45, 7) is 5.58. The number of nitrogens with two attached hydrogens (primary N) is 1. The molecule has 0 spiro atoms. The highest BCUT2D eigenvalue weighted by atomic mass is 32.2. The van der Waals surface area contributed by atoms with Crippen molar-refractivity contribution in [3.63, 3.8) is 0 Å². The second-order valence-electron chi connectivity index (χ2n) is 4.01. The molecule has 1 heterocycles. The SMILES string of the molecule is CCc1nnc(SCCCOC)c(CN)c1CC. The van der Waals surface area contributed by atoms with Crippen molar-refractivity contribution >= 4 is 11.8 Å². The van der Waals surface area contributed by atoms with E-state index in [0.29, 0.717) is 6.54 Å². The van der Waals surface area contributed by atoms with Gasteiger partial charge in [0.25, 0.3) is 0 Å². The van der Waals surface area contributed by atoms with Crippen molar-refractivity contribution in [1.82, 2.24) is 10.2 Å². The van der Waals surface area contributed by atoms with Gasteiger partial charge in [-0.1, -0.05) is 13.8 Å². The van der Waals surface area contributed by atoms with Gasteiger partial charge in [-0.2, -0.15) is 5.10 Å². The van der Waals surface area contributed by atoms with Crippen molar-refractivity contribution in [2.45, 2.75) is 44.7 Å². The molecule has 0 aromatic carbocycles. The lowest BCUT2D eigenvalue weighted by atomic mass is 10.0. The van der Waals surface area contributed by atoms with Gasteiger partial charge in [0.1, 0.15) is 5.03 Å². The molecule has 0 aliphatic carbocycles. The van der Waals surface area contributed by atoms with E-state index in [4.69, 9.17) is 10.5 Å². The van der Waals surface area contributed by atoms with Crippen molar-refractivity contribution in [3.8, 4) is 0 Å². The molecule has 0 bridgehead atoms. The van der Waals surface area contributed by atoms with Crippen molar-refractivity contribution < 1.29 is 4.74 Å². The molecule has 0 amide bonds. The van der Waals surface area contributed by atoms with E-state index in [-0.39, 0.29) is 0 Å². The number of thioether (sulfide) groups is 1. The highest BCUT2D eigenvalue weighted by molar-refractivity contribution is 7.99. The lowest BCUT2D eigenvalue weighted by molar-refractivity contribution is 0.200. The predicted octanol–water partition coefficient (Wildman–Crippen LogP) is 2.19. The van der Waals surface area contributed by atoms with E-state index in [0.717, 1.165) is 42.3 Å². The topological polar surface area (TPSA) is 61.0 Å². The smallest absolute Gasteiger partial charge is 0.124 e. The number of ether oxygens (including phenoxy) is 1. The number of aryl methyl sites for hydroxylation is 1. The molecule has 0 radical (unpaired) electrons. The van der Waals surface area contributed by atoms with Gasteiger partial charge in [0, 0.05) is 31.6 Å². The molecule has 0 fully saturated rings. The maximum atomic E-state index is 5.88. The average molecular weight is 269 g/mol. The van der Waals surface area contributed by atoms with E-state index in [2.05, 4.69) is 24.0 Å². The fourth-order valence-electron chi connectivity index (χ4n) is 1.93. The molecule has 0 saturated heterocycles. The molecule has 0 unspecified atom stereocenters. The Morgan fingerprint density at radius 2 is 1.94 bits per heavy atom. The third-order valence-corrected chi connectivity index (χ3v) is 3.95. The molecule has 0 aliphatic rings. The highest BCUT2D eigenvalue weighted by Gasteiger charge is 2.13. The molecule has 1 aromatic heterocycles. The van der Waals surface area contributed by atoms with Crippen LogP contribution >= 0.6 is 11.8 Å². The van der Waals surface area contributed by atoms with E-state index < -0.39 is 0 Å². The molecule has 0 saturated carbocycles. The number of aromatic nitrogens is 2. The summed E-state index contributed by atoms with van der Waals surface area (Å²) >= 11 is 1.73. The first-order chi connectivity index (χ1) is 8.78. The van der Waals surface area contributed by atoms with Crippen LogP contribution in [0.5, 0.6) is 0 Å². The first-order valence-electron chi connectivity index (χ1n) is 6.47. The first-order valence-corrected chi connectivity index (χ1v) is 7.46. The molecule has 4 nitrogen and oxygen atoms in total. The minimum atomic E-state index is 0.540. The van der Waals surface area contributed by atoms with E-state index >= 15 is 0 Å². The Morgan fingerprint density at radius 3 is 2.50 bits per heavy atom. The van der Waals surface area contributed by atoms with E-state index in [1.807, 2.05) is 0 Å². The van der Waals surface area contributed by atoms with Crippen molar-refractivity contribution in [2.24, 2.45) is 5.73 Å². The molecule has 0 atom stereocenters. The molecule has 1 rings (SSSR count). The summed E-state index contributed by atoms with van der Waals surface area (Å²) in [7, 11) is 1.72. The Kier molecular flexibility index (Phi) is 7.23. The van der Waals surface area contributed by atoms with Crippen LogP contribution < -0.4 is 5.73 Å². The third kappa shape index (κ3) is 3.93. The normalized spacial score (nSPS) is 10.9. The molecular formula is C13H23N3OS. The summed E-state index contributed by atoms with van der Waals surface area (Å²) in [6.07, 6.45) is 2.90. The van der Waals surface area contributed by atoms with Crippen LogP contribution in [0.3, 0.4) is 0 Å². The summed E-state index contributed by atoms with van der Waals surface area (Å²) in [5, 5.41) is 9.63. The summed E-state index contributed by atoms with van der Waals surface area (Å²) in [5.74, 6) is 0.990. The second-order valence-corrected chi connectivity index (χ2v) is 5.10. The molecular weight excluding hydrogens is 246 g/mol. The molecule has 1 aromatic rings. The van der Waals surface area contributed by atoms with Crippen LogP contribution in [0.25, 0.3) is 0 Å². The van der Waals surface area contributed by atoms with E-state index in [9.17, 15) is 0 Å². The number of rotatable bonds is 8. The quantitative estimate of drug-likeness (QED) is 0.579. The van der Waals surface area contributed by atoms with Gasteiger partial charge in [0.05, 0.1) is 5.69 Å². The maximum absolute atomic E-state index is 5.88. The van der Waals surface area contributed by atoms with Crippen LogP contribution in [0.15, 0.2) is 5.03 Å². The molecule has 2 N–H and O–H groups in total. The van der Waals surface area contributed by atoms with E-state index in [1.165, 1.54) is 11.1 Å². The maximum Gasteiger partial charge on any atom is 0.124 e. The zero-order chi connectivity index (χ0) is 13.4. The Balaban J connectivity index is 2.84. The second kappa shape index (κ2) is 8.45. The van der Waals surface area contributed by atoms with Gasteiger partial charge in [-0.25, -0.2) is 0 Å². The number of hydrogen-bond acceptors (Lipinski definition) is 5. The van der Waals surface area contributed by atoms with Crippen LogP contribution in [0.4, 0.5) is 0 Å². The van der Waals surface area contributed by atoms with Crippen LogP contribution in [0.1, 0.15) is 37.1 Å². The van der Waals surface area contributed by atoms with Crippen LogP contribution in [-0.2, 0) is 24.1 Å².